The van der Waals surface area contributed by atoms with Crippen LogP contribution in [0.1, 0.15) is 5.69 Å². The molecule has 0 unspecified atom stereocenters. The molecule has 0 bridgehead atoms. The van der Waals surface area contributed by atoms with Gasteiger partial charge in [-0.2, -0.15) is 5.10 Å². The number of hydrogen-bond acceptors (Lipinski definition) is 3. The van der Waals surface area contributed by atoms with Gasteiger partial charge in [0.25, 0.3) is 5.69 Å². The highest BCUT2D eigenvalue weighted by molar-refractivity contribution is 5.88. The number of rotatable bonds is 2. The van der Waals surface area contributed by atoms with Gasteiger partial charge in [0.05, 0.1) is 17.8 Å². The van der Waals surface area contributed by atoms with E-state index in [1.54, 1.807) is 6.20 Å². The van der Waals surface area contributed by atoms with Crippen molar-refractivity contribution in [2.45, 2.75) is 6.54 Å². The summed E-state index contributed by atoms with van der Waals surface area (Å²) >= 11 is 0. The van der Waals surface area contributed by atoms with Gasteiger partial charge >= 0.3 is 0 Å². The summed E-state index contributed by atoms with van der Waals surface area (Å²) in [5.74, 6) is 0.250. The predicted molar refractivity (Wildman–Crippen MR) is 79.8 cm³/mol. The second kappa shape index (κ2) is 4.95. The van der Waals surface area contributed by atoms with Gasteiger partial charge in [0.15, 0.2) is 5.69 Å². The van der Waals surface area contributed by atoms with E-state index >= 15 is 0 Å². The van der Waals surface area contributed by atoms with E-state index in [-0.39, 0.29) is 18.1 Å². The standard InChI is InChI=1S/C15H10N6/c1-17-9-12-14(18-2)15(16)21(20-12)13-7-3-6-11-10(13)5-4-8-19-11/h3-8H,9,16H2. The molecule has 2 N–H and O–H groups in total. The summed E-state index contributed by atoms with van der Waals surface area (Å²) in [6.45, 7) is 14.2. The molecule has 1 aromatic carbocycles. The van der Waals surface area contributed by atoms with Crippen molar-refractivity contribution in [2.24, 2.45) is 0 Å². The Bertz CT molecular complexity index is 905. The lowest BCUT2D eigenvalue weighted by Crippen LogP contribution is -2.02. The fourth-order valence-corrected chi connectivity index (χ4v) is 2.23. The Balaban J connectivity index is 2.30. The summed E-state index contributed by atoms with van der Waals surface area (Å²) in [4.78, 5) is 11.0. The zero-order valence-electron chi connectivity index (χ0n) is 11.0. The molecule has 0 saturated carbocycles. The molecule has 2 aromatic heterocycles. The summed E-state index contributed by atoms with van der Waals surface area (Å²) in [5.41, 5.74) is 8.24. The quantitative estimate of drug-likeness (QED) is 0.730. The van der Waals surface area contributed by atoms with E-state index < -0.39 is 0 Å². The molecule has 6 heteroatoms. The van der Waals surface area contributed by atoms with E-state index in [0.717, 1.165) is 16.6 Å². The van der Waals surface area contributed by atoms with Crippen LogP contribution in [0.5, 0.6) is 0 Å². The molecule has 0 aliphatic carbocycles. The number of aromatic nitrogens is 3. The van der Waals surface area contributed by atoms with Crippen molar-refractivity contribution in [3.63, 3.8) is 0 Å². The molecule has 3 aromatic rings. The first-order chi connectivity index (χ1) is 10.3. The van der Waals surface area contributed by atoms with E-state index in [1.165, 1.54) is 4.68 Å². The number of pyridine rings is 1. The minimum Gasteiger partial charge on any atom is -0.392 e. The molecule has 0 amide bonds. The fraction of sp³-hybridized carbons (Fsp3) is 0.0667. The lowest BCUT2D eigenvalue weighted by atomic mass is 10.2. The highest BCUT2D eigenvalue weighted by Gasteiger charge is 2.19. The summed E-state index contributed by atoms with van der Waals surface area (Å²) < 4.78 is 1.51. The maximum Gasteiger partial charge on any atom is 0.258 e. The smallest absolute Gasteiger partial charge is 0.258 e. The molecular formula is C15H10N6. The molecule has 0 atom stereocenters. The molecule has 100 valence electrons. The van der Waals surface area contributed by atoms with E-state index in [9.17, 15) is 0 Å². The maximum absolute atomic E-state index is 7.22. The highest BCUT2D eigenvalue weighted by Crippen LogP contribution is 2.32. The topological polar surface area (TPSA) is 65.5 Å². The Morgan fingerprint density at radius 1 is 1.19 bits per heavy atom. The van der Waals surface area contributed by atoms with Crippen molar-refractivity contribution in [2.75, 3.05) is 5.73 Å². The molecule has 6 nitrogen and oxygen atoms in total. The van der Waals surface area contributed by atoms with E-state index in [2.05, 4.69) is 19.8 Å². The van der Waals surface area contributed by atoms with E-state index in [1.807, 2.05) is 30.3 Å². The zero-order chi connectivity index (χ0) is 14.8. The third-order valence-corrected chi connectivity index (χ3v) is 3.16. The number of hydrogen-bond donors (Lipinski definition) is 1. The number of benzene rings is 1. The second-order valence-corrected chi connectivity index (χ2v) is 4.37. The first kappa shape index (κ1) is 12.6. The van der Waals surface area contributed by atoms with Crippen molar-refractivity contribution >= 4 is 22.4 Å². The van der Waals surface area contributed by atoms with E-state index in [4.69, 9.17) is 18.9 Å². The minimum atomic E-state index is 0.0396. The van der Waals surface area contributed by atoms with Crippen molar-refractivity contribution in [1.29, 1.82) is 0 Å². The van der Waals surface area contributed by atoms with Gasteiger partial charge in [-0.3, -0.25) is 4.98 Å². The molecule has 0 saturated heterocycles. The normalized spacial score (nSPS) is 10.2. The van der Waals surface area contributed by atoms with Crippen LogP contribution < -0.4 is 5.73 Å². The number of nitrogen functional groups attached to an aromatic ring is 1. The Morgan fingerprint density at radius 2 is 2.05 bits per heavy atom. The van der Waals surface area contributed by atoms with Crippen LogP contribution in [-0.4, -0.2) is 14.8 Å². The second-order valence-electron chi connectivity index (χ2n) is 4.37. The molecule has 0 aliphatic rings. The van der Waals surface area contributed by atoms with Crippen LogP contribution in [0.4, 0.5) is 11.5 Å². The SMILES string of the molecule is [C-]#[N+]Cc1nn(-c2cccc3ncccc23)c(N)c1[N+]#[C-]. The van der Waals surface area contributed by atoms with Crippen LogP contribution in [0, 0.1) is 13.1 Å². The first-order valence-corrected chi connectivity index (χ1v) is 6.18. The molecule has 3 rings (SSSR count). The number of nitrogens with zero attached hydrogens (tertiary/aromatic N) is 5. The van der Waals surface area contributed by atoms with Gasteiger partial charge in [-0.1, -0.05) is 6.07 Å². The average Bonchev–Trinajstić information content (AvgIpc) is 2.83. The van der Waals surface area contributed by atoms with Crippen LogP contribution in [0.25, 0.3) is 26.3 Å². The number of anilines is 1. The Morgan fingerprint density at radius 3 is 2.81 bits per heavy atom. The van der Waals surface area contributed by atoms with Crippen molar-refractivity contribution in [3.8, 4) is 5.69 Å². The van der Waals surface area contributed by atoms with Gasteiger partial charge in [-0.25, -0.2) is 16.1 Å². The third kappa shape index (κ3) is 1.96. The lowest BCUT2D eigenvalue weighted by molar-refractivity contribution is 0.865. The molecule has 0 fully saturated rings. The lowest BCUT2D eigenvalue weighted by Gasteiger charge is -2.07. The Kier molecular flexibility index (Phi) is 2.98. The van der Waals surface area contributed by atoms with Crippen molar-refractivity contribution in [1.82, 2.24) is 14.8 Å². The number of nitrogens with two attached hydrogens (primary N) is 1. The third-order valence-electron chi connectivity index (χ3n) is 3.16. The molecule has 2 heterocycles. The summed E-state index contributed by atoms with van der Waals surface area (Å²) in [6, 6.07) is 9.38. The first-order valence-electron chi connectivity index (χ1n) is 6.18. The summed E-state index contributed by atoms with van der Waals surface area (Å²) in [7, 11) is 0. The van der Waals surface area contributed by atoms with Crippen LogP contribution in [0.15, 0.2) is 36.5 Å². The van der Waals surface area contributed by atoms with Gasteiger partial charge in [0, 0.05) is 11.6 Å². The largest absolute Gasteiger partial charge is 0.392 e. The van der Waals surface area contributed by atoms with Gasteiger partial charge in [-0.05, 0) is 24.3 Å². The summed E-state index contributed by atoms with van der Waals surface area (Å²) in [6.07, 6.45) is 1.72. The maximum atomic E-state index is 7.22. The average molecular weight is 274 g/mol. The van der Waals surface area contributed by atoms with Gasteiger partial charge < -0.3 is 10.6 Å². The van der Waals surface area contributed by atoms with Crippen molar-refractivity contribution < 1.29 is 0 Å². The van der Waals surface area contributed by atoms with Crippen LogP contribution in [0.3, 0.4) is 0 Å². The van der Waals surface area contributed by atoms with Gasteiger partial charge in [-0.15, -0.1) is 0 Å². The monoisotopic (exact) mass is 274 g/mol. The molecular weight excluding hydrogens is 264 g/mol. The predicted octanol–water partition coefficient (Wildman–Crippen LogP) is 2.97. The van der Waals surface area contributed by atoms with Crippen LogP contribution in [-0.2, 0) is 6.54 Å². The molecule has 21 heavy (non-hydrogen) atoms. The van der Waals surface area contributed by atoms with Crippen LogP contribution >= 0.6 is 0 Å². The molecule has 0 spiro atoms. The van der Waals surface area contributed by atoms with Crippen LogP contribution in [0.2, 0.25) is 0 Å². The molecule has 0 radical (unpaired) electrons. The van der Waals surface area contributed by atoms with Gasteiger partial charge in [0.1, 0.15) is 5.82 Å². The Hall–Kier alpha value is -3.38. The minimum absolute atomic E-state index is 0.0396. The summed E-state index contributed by atoms with van der Waals surface area (Å²) in [5, 5.41) is 5.22. The van der Waals surface area contributed by atoms with Crippen molar-refractivity contribution in [3.05, 3.63) is 65.1 Å². The molecule has 0 aliphatic heterocycles. The highest BCUT2D eigenvalue weighted by atomic mass is 15.3. The van der Waals surface area contributed by atoms with Gasteiger partial charge in [0.2, 0.25) is 6.54 Å². The zero-order valence-corrected chi connectivity index (χ0v) is 11.0. The fourth-order valence-electron chi connectivity index (χ4n) is 2.23. The number of fused-ring (bicyclic) bond motifs is 1. The van der Waals surface area contributed by atoms with E-state index in [0.29, 0.717) is 5.69 Å². The Labute approximate surface area is 121 Å².